The lowest BCUT2D eigenvalue weighted by atomic mass is 9.12. The molecule has 0 aliphatic carbocycles. The molecule has 1 N–H and O–H groups in total. The Bertz CT molecular complexity index is 2550. The Kier molecular flexibility index (Phi) is 33.5. The third-order valence-corrected chi connectivity index (χ3v) is 16.7. The fourth-order valence-electron chi connectivity index (χ4n) is 11.8. The van der Waals surface area contributed by atoms with Gasteiger partial charge in [0.25, 0.3) is 0 Å². The molecule has 498 valence electrons. The number of halogens is 20. The molecule has 1 heterocycles. The van der Waals surface area contributed by atoms with Crippen LogP contribution in [-0.2, 0) is 12.8 Å². The minimum Gasteiger partial charge on any atom is -0.213 e. The van der Waals surface area contributed by atoms with E-state index in [4.69, 9.17) is 0 Å². The van der Waals surface area contributed by atoms with E-state index < -0.39 is 144 Å². The molecule has 4 aromatic carbocycles. The molecule has 0 atom stereocenters. The number of H-pyrrole nitrogens is 1. The molecule has 0 aliphatic heterocycles. The first-order valence-corrected chi connectivity index (χ1v) is 31.8. The van der Waals surface area contributed by atoms with Crippen LogP contribution in [0.15, 0.2) is 18.2 Å². The summed E-state index contributed by atoms with van der Waals surface area (Å²) in [5, 5.41) is 0. The minimum absolute atomic E-state index is 1.23. The highest BCUT2D eigenvalue weighted by atomic mass is 19.2. The van der Waals surface area contributed by atoms with Crippen LogP contribution in [0.25, 0.3) is 0 Å². The first-order chi connectivity index (χ1) is 42.6. The third-order valence-electron chi connectivity index (χ3n) is 16.7. The zero-order valence-corrected chi connectivity index (χ0v) is 50.8. The van der Waals surface area contributed by atoms with Crippen LogP contribution in [0, 0.1) is 116 Å². The summed E-state index contributed by atoms with van der Waals surface area (Å²) in [6, 6.07) is 6.90. The standard InChI is InChI=1S/C43H81N.C24BF20/c1-3-5-7-9-11-13-15-17-19-21-23-25-27-29-31-33-35-38-42-40-37-41-43(44-42)39-36-34-32-30-28-26-24-22-20-18-16-14-12-10-8-6-4-2;26-5-1(6(27)14(35)21(42)13(5)34)25(2-7(28)15(36)22(43)16(37)8(2)29,3-9(30)17(38)23(44)18(39)10(3)31)4-11(32)19(40)24(45)20(41)12(4)33/h37,40-41H,3-36,38-39H2,1-2H3;/q;-1/p+1. The molecule has 0 saturated carbocycles. The number of aromatic amines is 1. The van der Waals surface area contributed by atoms with Crippen molar-refractivity contribution in [3.63, 3.8) is 0 Å². The second-order valence-corrected chi connectivity index (χ2v) is 23.3. The molecule has 0 amide bonds. The Hall–Kier alpha value is -5.31. The van der Waals surface area contributed by atoms with Crippen LogP contribution in [0.3, 0.4) is 0 Å². The number of nitrogens with one attached hydrogen (secondary N) is 1. The molecule has 0 spiro atoms. The van der Waals surface area contributed by atoms with E-state index in [1.807, 2.05) is 0 Å². The predicted molar refractivity (Wildman–Crippen MR) is 308 cm³/mol. The Balaban J connectivity index is 0.000000381. The highest BCUT2D eigenvalue weighted by Gasteiger charge is 2.52. The van der Waals surface area contributed by atoms with Crippen LogP contribution >= 0.6 is 0 Å². The molecule has 1 nitrogen and oxygen atoms in total. The second kappa shape index (κ2) is 39.2. The number of aryl methyl sites for hydroxylation is 2. The first-order valence-electron chi connectivity index (χ1n) is 31.8. The van der Waals surface area contributed by atoms with E-state index in [1.165, 1.54) is 243 Å². The van der Waals surface area contributed by atoms with Crippen molar-refractivity contribution < 1.29 is 92.8 Å². The summed E-state index contributed by atoms with van der Waals surface area (Å²) in [5.74, 6) is -71.4. The van der Waals surface area contributed by atoms with Gasteiger partial charge in [-0.2, -0.15) is 0 Å². The van der Waals surface area contributed by atoms with Gasteiger partial charge in [-0.1, -0.05) is 219 Å². The van der Waals surface area contributed by atoms with E-state index >= 15 is 35.1 Å². The quantitative estimate of drug-likeness (QED) is 0.0122. The minimum atomic E-state index is -7.22. The maximum absolute atomic E-state index is 15.4. The van der Waals surface area contributed by atoms with Gasteiger partial charge in [0.05, 0.1) is 0 Å². The van der Waals surface area contributed by atoms with Crippen molar-refractivity contribution in [3.05, 3.63) is 146 Å². The van der Waals surface area contributed by atoms with Crippen molar-refractivity contribution in [1.82, 2.24) is 0 Å². The molecular formula is C67H82BF20N. The van der Waals surface area contributed by atoms with E-state index in [0.29, 0.717) is 0 Å². The fraction of sp³-hybridized carbons (Fsp3) is 0.567. The van der Waals surface area contributed by atoms with Crippen molar-refractivity contribution in [2.45, 2.75) is 245 Å². The predicted octanol–water partition coefficient (Wildman–Crippen LogP) is 20.7. The fourth-order valence-corrected chi connectivity index (χ4v) is 11.8. The van der Waals surface area contributed by atoms with Gasteiger partial charge in [0, 0.05) is 25.0 Å². The highest BCUT2D eigenvalue weighted by molar-refractivity contribution is 7.20. The molecule has 0 fully saturated rings. The summed E-state index contributed by atoms with van der Waals surface area (Å²) in [7, 11) is 0. The van der Waals surface area contributed by atoms with Crippen molar-refractivity contribution in [2.24, 2.45) is 0 Å². The number of rotatable bonds is 40. The van der Waals surface area contributed by atoms with Gasteiger partial charge in [-0.15, -0.1) is 21.9 Å². The van der Waals surface area contributed by atoms with Crippen LogP contribution in [0.2, 0.25) is 0 Å². The number of benzene rings is 4. The Morgan fingerprint density at radius 2 is 0.360 bits per heavy atom. The zero-order valence-electron chi connectivity index (χ0n) is 50.8. The average Bonchev–Trinajstić information content (AvgIpc) is 0.688. The molecule has 0 saturated heterocycles. The van der Waals surface area contributed by atoms with Gasteiger partial charge in [-0.3, -0.25) is 0 Å². The third kappa shape index (κ3) is 20.3. The summed E-state index contributed by atoms with van der Waals surface area (Å²) in [6.45, 7) is 4.61. The van der Waals surface area contributed by atoms with Gasteiger partial charge in [-0.25, -0.2) is 92.8 Å². The molecule has 89 heavy (non-hydrogen) atoms. The number of unbranched alkanes of at least 4 members (excludes halogenated alkanes) is 32. The number of hydrogen-bond acceptors (Lipinski definition) is 0. The lowest BCUT2D eigenvalue weighted by Crippen LogP contribution is -2.81. The number of pyridine rings is 1. The van der Waals surface area contributed by atoms with Crippen molar-refractivity contribution in [3.8, 4) is 0 Å². The van der Waals surface area contributed by atoms with Gasteiger partial charge in [0.1, 0.15) is 52.7 Å². The Labute approximate surface area is 510 Å². The molecule has 0 radical (unpaired) electrons. The van der Waals surface area contributed by atoms with E-state index in [-0.39, 0.29) is 0 Å². The SMILES string of the molecule is CCCCCCCCCCCCCCCCCCCc1cccc(CCCCCCCCCCCCCCCCCCC)[nH+]1.Fc1c(F)c(F)c([B-](c2c(F)c(F)c(F)c(F)c2F)(c2c(F)c(F)c(F)c(F)c2F)c2c(F)c(F)c(F)c(F)c2F)c(F)c1F. The largest absolute Gasteiger partial charge is 0.213 e. The number of hydrogen-bond donors (Lipinski definition) is 0. The molecule has 0 aliphatic rings. The monoisotopic (exact) mass is 1290 g/mol. The summed E-state index contributed by atoms with van der Waals surface area (Å²) in [6.07, 6.45) is 44.4. The molecule has 5 rings (SSSR count). The van der Waals surface area contributed by atoms with Crippen LogP contribution in [0.5, 0.6) is 0 Å². The highest BCUT2D eigenvalue weighted by Crippen LogP contribution is 2.31. The maximum atomic E-state index is 15.4. The Morgan fingerprint density at radius 1 is 0.213 bits per heavy atom. The van der Waals surface area contributed by atoms with Crippen LogP contribution < -0.4 is 26.8 Å². The number of aromatic nitrogens is 1. The van der Waals surface area contributed by atoms with Crippen molar-refractivity contribution >= 4 is 28.0 Å². The van der Waals surface area contributed by atoms with Crippen molar-refractivity contribution in [2.75, 3.05) is 0 Å². The van der Waals surface area contributed by atoms with E-state index in [1.54, 1.807) is 0 Å². The van der Waals surface area contributed by atoms with E-state index in [2.05, 4.69) is 37.0 Å². The second-order valence-electron chi connectivity index (χ2n) is 23.3. The van der Waals surface area contributed by atoms with E-state index in [9.17, 15) is 52.7 Å². The van der Waals surface area contributed by atoms with Gasteiger partial charge < -0.3 is 0 Å². The molecular weight excluding hydrogens is 1210 g/mol. The Morgan fingerprint density at radius 3 is 0.528 bits per heavy atom. The van der Waals surface area contributed by atoms with Gasteiger partial charge in [0.2, 0.25) is 0 Å². The van der Waals surface area contributed by atoms with Crippen LogP contribution in [0.4, 0.5) is 87.8 Å². The maximum Gasteiger partial charge on any atom is 0.200 e. The summed E-state index contributed by atoms with van der Waals surface area (Å²) in [5.41, 5.74) is -11.4. The molecule has 22 heteroatoms. The molecule has 0 bridgehead atoms. The zero-order chi connectivity index (χ0) is 65.8. The van der Waals surface area contributed by atoms with Gasteiger partial charge in [0.15, 0.2) is 81.2 Å². The normalized spacial score (nSPS) is 11.8. The topological polar surface area (TPSA) is 14.1 Å². The summed E-state index contributed by atoms with van der Waals surface area (Å²) < 4.78 is 294. The summed E-state index contributed by atoms with van der Waals surface area (Å²) >= 11 is 0. The van der Waals surface area contributed by atoms with E-state index in [0.717, 1.165) is 0 Å². The van der Waals surface area contributed by atoms with Gasteiger partial charge in [-0.05, 0) is 18.9 Å². The molecule has 0 unspecified atom stereocenters. The molecule has 1 aromatic heterocycles. The lowest BCUT2D eigenvalue weighted by Gasteiger charge is -2.44. The summed E-state index contributed by atoms with van der Waals surface area (Å²) in [4.78, 5) is 3.75. The molecule has 5 aromatic rings. The smallest absolute Gasteiger partial charge is 0.200 e. The van der Waals surface area contributed by atoms with Crippen molar-refractivity contribution in [1.29, 1.82) is 0 Å². The first kappa shape index (κ1) is 76.1. The van der Waals surface area contributed by atoms with Crippen LogP contribution in [0.1, 0.15) is 244 Å². The lowest BCUT2D eigenvalue weighted by molar-refractivity contribution is -0.402. The average molecular weight is 1290 g/mol. The van der Waals surface area contributed by atoms with Gasteiger partial charge >= 0.3 is 0 Å². The van der Waals surface area contributed by atoms with Crippen LogP contribution in [-0.4, -0.2) is 6.15 Å².